The molecule has 0 aliphatic carbocycles. The van der Waals surface area contributed by atoms with Gasteiger partial charge in [-0.25, -0.2) is 14.3 Å². The molecule has 4 aromatic rings. The average Bonchev–Trinajstić information content (AvgIpc) is 3.30. The highest BCUT2D eigenvalue weighted by Gasteiger charge is 2.31. The van der Waals surface area contributed by atoms with Crippen LogP contribution in [0.25, 0.3) is 22.0 Å². The zero-order chi connectivity index (χ0) is 33.4. The Morgan fingerprint density at radius 1 is 0.870 bits per heavy atom. The zero-order valence-corrected chi connectivity index (χ0v) is 28.0. The number of aromatic nitrogens is 1. The number of anilines is 1. The number of amides is 1. The lowest BCUT2D eigenvalue weighted by molar-refractivity contribution is 0.0565. The van der Waals surface area contributed by atoms with Gasteiger partial charge in [-0.05, 0) is 61.1 Å². The van der Waals surface area contributed by atoms with E-state index in [4.69, 9.17) is 4.74 Å². The Morgan fingerprint density at radius 3 is 2.13 bits per heavy atom. The Balaban J connectivity index is 1.39. The van der Waals surface area contributed by atoms with Gasteiger partial charge >= 0.3 is 22.3 Å². The van der Waals surface area contributed by atoms with Crippen LogP contribution in [0.4, 0.5) is 10.5 Å². The minimum Gasteiger partial charge on any atom is -0.477 e. The second-order valence-corrected chi connectivity index (χ2v) is 15.3. The number of piperazine rings is 1. The highest BCUT2D eigenvalue weighted by Crippen LogP contribution is 2.37. The number of hydrogen-bond acceptors (Lipinski definition) is 6. The van der Waals surface area contributed by atoms with Crippen molar-refractivity contribution in [1.29, 1.82) is 0 Å². The zero-order valence-electron chi connectivity index (χ0n) is 27.2. The number of carbonyl (C=O) groups excluding carboxylic acids is 1. The normalized spacial score (nSPS) is 14.8. The summed E-state index contributed by atoms with van der Waals surface area (Å²) >= 11 is 0. The first-order valence-electron chi connectivity index (χ1n) is 15.3. The predicted octanol–water partition coefficient (Wildman–Crippen LogP) is 6.24. The maximum Gasteiger partial charge on any atom is 0.422 e. The molecule has 3 aromatic carbocycles. The molecule has 1 fully saturated rings. The number of rotatable bonds is 7. The van der Waals surface area contributed by atoms with Gasteiger partial charge in [-0.15, -0.1) is 0 Å². The Morgan fingerprint density at radius 2 is 1.52 bits per heavy atom. The van der Waals surface area contributed by atoms with E-state index in [1.807, 2.05) is 70.0 Å². The number of nitrogens with zero attached hydrogens (tertiary/aromatic N) is 3. The maximum atomic E-state index is 12.8. The van der Waals surface area contributed by atoms with Gasteiger partial charge in [0.2, 0.25) is 0 Å². The van der Waals surface area contributed by atoms with Crippen LogP contribution in [0.5, 0.6) is 0 Å². The molecule has 2 N–H and O–H groups in total. The van der Waals surface area contributed by atoms with Gasteiger partial charge in [-0.3, -0.25) is 0 Å². The van der Waals surface area contributed by atoms with E-state index in [-0.39, 0.29) is 24.2 Å². The number of benzene rings is 3. The van der Waals surface area contributed by atoms with E-state index >= 15 is 0 Å². The molecular weight excluding hydrogens is 604 g/mol. The number of ether oxygens (including phenoxy) is 1. The summed E-state index contributed by atoms with van der Waals surface area (Å²) in [5.74, 6) is -1.00. The minimum absolute atomic E-state index is 0.0228. The van der Waals surface area contributed by atoms with Crippen LogP contribution in [0, 0.1) is 0 Å². The number of carbonyl (C=O) groups is 2. The van der Waals surface area contributed by atoms with Crippen LogP contribution < -0.4 is 9.62 Å². The third kappa shape index (κ3) is 7.21. The second-order valence-electron chi connectivity index (χ2n) is 13.6. The molecule has 0 bridgehead atoms. The molecule has 0 spiro atoms. The molecule has 2 heterocycles. The fraction of sp³-hybridized carbons (Fsp3) is 0.371. The van der Waals surface area contributed by atoms with E-state index in [0.29, 0.717) is 25.2 Å². The van der Waals surface area contributed by atoms with Crippen LogP contribution in [-0.2, 0) is 26.9 Å². The van der Waals surface area contributed by atoms with E-state index in [1.54, 1.807) is 20.8 Å². The Labute approximate surface area is 270 Å². The third-order valence-electron chi connectivity index (χ3n) is 8.02. The first kappa shape index (κ1) is 33.0. The molecule has 11 heteroatoms. The number of carboxylic acid groups (broad SMARTS) is 1. The van der Waals surface area contributed by atoms with Crippen molar-refractivity contribution < 1.29 is 27.9 Å². The van der Waals surface area contributed by atoms with Crippen LogP contribution in [0.3, 0.4) is 0 Å². The van der Waals surface area contributed by atoms with Crippen molar-refractivity contribution in [1.82, 2.24) is 13.6 Å². The van der Waals surface area contributed by atoms with Crippen LogP contribution in [0.15, 0.2) is 72.8 Å². The average molecular weight is 647 g/mol. The molecule has 244 valence electrons. The molecule has 1 amide bonds. The summed E-state index contributed by atoms with van der Waals surface area (Å²) in [6.45, 7) is 13.0. The third-order valence-corrected chi connectivity index (χ3v) is 9.49. The summed E-state index contributed by atoms with van der Waals surface area (Å²) < 4.78 is 35.8. The molecule has 1 aliphatic heterocycles. The quantitative estimate of drug-likeness (QED) is 0.244. The first-order chi connectivity index (χ1) is 21.5. The number of carboxylic acids is 1. The minimum atomic E-state index is -4.05. The fourth-order valence-electron chi connectivity index (χ4n) is 5.81. The highest BCUT2D eigenvalue weighted by atomic mass is 32.2. The first-order valence-corrected chi connectivity index (χ1v) is 16.8. The number of hydrogen-bond donors (Lipinski definition) is 2. The number of fused-ring (bicyclic) bond motifs is 1. The molecular formula is C35H42N4O6S. The highest BCUT2D eigenvalue weighted by molar-refractivity contribution is 7.87. The summed E-state index contributed by atoms with van der Waals surface area (Å²) in [5.41, 5.74) is 4.75. The van der Waals surface area contributed by atoms with Crippen LogP contribution in [0.2, 0.25) is 0 Å². The van der Waals surface area contributed by atoms with Gasteiger partial charge in [0.05, 0.1) is 0 Å². The Kier molecular flexibility index (Phi) is 8.94. The molecule has 1 aromatic heterocycles. The lowest BCUT2D eigenvalue weighted by Gasteiger charge is -2.35. The van der Waals surface area contributed by atoms with Crippen molar-refractivity contribution >= 4 is 38.9 Å². The molecule has 0 radical (unpaired) electrons. The molecule has 0 unspecified atom stereocenters. The van der Waals surface area contributed by atoms with Gasteiger partial charge < -0.3 is 19.3 Å². The smallest absolute Gasteiger partial charge is 0.422 e. The van der Waals surface area contributed by atoms with E-state index in [9.17, 15) is 23.1 Å². The lowest BCUT2D eigenvalue weighted by atomic mass is 9.86. The molecule has 1 saturated heterocycles. The van der Waals surface area contributed by atoms with Crippen molar-refractivity contribution in [3.05, 3.63) is 89.6 Å². The van der Waals surface area contributed by atoms with Crippen LogP contribution in [-0.4, -0.2) is 66.2 Å². The van der Waals surface area contributed by atoms with Gasteiger partial charge in [0.25, 0.3) is 0 Å². The summed E-state index contributed by atoms with van der Waals surface area (Å²) in [4.78, 5) is 27.0. The van der Waals surface area contributed by atoms with Crippen molar-refractivity contribution in [2.45, 2.75) is 59.1 Å². The predicted molar refractivity (Wildman–Crippen MR) is 181 cm³/mol. The topological polar surface area (TPSA) is 121 Å². The van der Waals surface area contributed by atoms with E-state index in [1.165, 1.54) is 9.87 Å². The molecule has 10 nitrogen and oxygen atoms in total. The largest absolute Gasteiger partial charge is 0.477 e. The standard InChI is InChI=1S/C35H42N4O6S/c1-34(2,3)26-16-14-25(15-17-26)30-28-12-7-8-13-29(28)39(31(30)32(40)41)23-24-10-9-11-27(22-24)37-18-20-38(21-19-37)46(43,44)36-33(42)45-35(4,5)6/h7-17,22H,18-21,23H2,1-6H3,(H,36,42)(H,40,41). The number of nitrogens with one attached hydrogen (secondary N) is 1. The number of aromatic carboxylic acids is 1. The molecule has 0 saturated carbocycles. The molecule has 1 aliphatic rings. The molecule has 0 atom stereocenters. The summed E-state index contributed by atoms with van der Waals surface area (Å²) in [5, 5.41) is 11.4. The Hall–Kier alpha value is -4.35. The molecule has 5 rings (SSSR count). The fourth-order valence-corrected chi connectivity index (χ4v) is 6.83. The second kappa shape index (κ2) is 12.4. The van der Waals surface area contributed by atoms with Gasteiger partial charge in [-0.2, -0.15) is 12.7 Å². The lowest BCUT2D eigenvalue weighted by Crippen LogP contribution is -2.53. The summed E-state index contributed by atoms with van der Waals surface area (Å²) in [7, 11) is -4.05. The van der Waals surface area contributed by atoms with Crippen LogP contribution >= 0.6 is 0 Å². The monoisotopic (exact) mass is 646 g/mol. The van der Waals surface area contributed by atoms with Gasteiger partial charge in [-0.1, -0.05) is 75.4 Å². The van der Waals surface area contributed by atoms with Crippen LogP contribution in [0.1, 0.15) is 63.2 Å². The van der Waals surface area contributed by atoms with Crippen molar-refractivity contribution in [2.75, 3.05) is 31.1 Å². The van der Waals surface area contributed by atoms with Crippen molar-refractivity contribution in [3.8, 4) is 11.1 Å². The molecule has 46 heavy (non-hydrogen) atoms. The van der Waals surface area contributed by atoms with Gasteiger partial charge in [0.1, 0.15) is 11.3 Å². The maximum absolute atomic E-state index is 12.8. The van der Waals surface area contributed by atoms with Gasteiger partial charge in [0, 0.05) is 54.9 Å². The number of para-hydroxylation sites is 1. The SMILES string of the molecule is CC(C)(C)OC(=O)NS(=O)(=O)N1CCN(c2cccc(Cn3c(C(=O)O)c(-c4ccc(C(C)(C)C)cc4)c4ccccc43)c2)CC1. The summed E-state index contributed by atoms with van der Waals surface area (Å²) in [6, 6.07) is 23.8. The van der Waals surface area contributed by atoms with Crippen molar-refractivity contribution in [3.63, 3.8) is 0 Å². The van der Waals surface area contributed by atoms with E-state index in [0.717, 1.165) is 27.7 Å². The van der Waals surface area contributed by atoms with Gasteiger partial charge in [0.15, 0.2) is 0 Å². The Bertz CT molecular complexity index is 1860. The van der Waals surface area contributed by atoms with Crippen molar-refractivity contribution in [2.24, 2.45) is 0 Å². The van der Waals surface area contributed by atoms with E-state index < -0.39 is 27.9 Å². The summed E-state index contributed by atoms with van der Waals surface area (Å²) in [6.07, 6.45) is -1.01. The van der Waals surface area contributed by atoms with E-state index in [2.05, 4.69) is 37.8 Å².